The van der Waals surface area contributed by atoms with Gasteiger partial charge in [0.1, 0.15) is 11.6 Å². The average molecular weight is 221 g/mol. The molecule has 0 spiro atoms. The highest BCUT2D eigenvalue weighted by atomic mass is 19.1. The molecular formula is C13H16FNO. The van der Waals surface area contributed by atoms with E-state index >= 15 is 0 Å². The lowest BCUT2D eigenvalue weighted by atomic mass is 10.1. The number of halogens is 1. The summed E-state index contributed by atoms with van der Waals surface area (Å²) in [4.78, 5) is 0. The first-order chi connectivity index (χ1) is 7.71. The molecule has 0 bridgehead atoms. The van der Waals surface area contributed by atoms with Crippen LogP contribution in [0, 0.1) is 18.2 Å². The lowest BCUT2D eigenvalue weighted by molar-refractivity contribution is 0.410. The zero-order valence-corrected chi connectivity index (χ0v) is 9.59. The summed E-state index contributed by atoms with van der Waals surface area (Å²) < 4.78 is 18.4. The Morgan fingerprint density at radius 1 is 1.56 bits per heavy atom. The number of nitrogens with one attached hydrogen (secondary N) is 1. The molecule has 0 aromatic heterocycles. The molecule has 86 valence electrons. The van der Waals surface area contributed by atoms with Crippen LogP contribution in [0.5, 0.6) is 5.75 Å². The Bertz CT molecular complexity index is 384. The lowest BCUT2D eigenvalue weighted by Crippen LogP contribution is -2.26. The van der Waals surface area contributed by atoms with Crippen molar-refractivity contribution < 1.29 is 9.13 Å². The normalized spacial score (nSPS) is 11.9. The summed E-state index contributed by atoms with van der Waals surface area (Å²) in [7, 11) is 1.51. The molecule has 0 aliphatic rings. The molecule has 0 aliphatic heterocycles. The van der Waals surface area contributed by atoms with E-state index in [4.69, 9.17) is 11.2 Å². The Morgan fingerprint density at radius 2 is 2.31 bits per heavy atom. The Morgan fingerprint density at radius 3 is 2.81 bits per heavy atom. The first kappa shape index (κ1) is 12.5. The van der Waals surface area contributed by atoms with Gasteiger partial charge in [-0.1, -0.05) is 18.9 Å². The number of benzene rings is 1. The largest absolute Gasteiger partial charge is 0.497 e. The molecule has 1 N–H and O–H groups in total. The molecule has 3 heteroatoms. The maximum atomic E-state index is 13.5. The van der Waals surface area contributed by atoms with Gasteiger partial charge in [-0.2, -0.15) is 0 Å². The molecule has 0 saturated carbocycles. The van der Waals surface area contributed by atoms with E-state index in [0.29, 0.717) is 17.9 Å². The molecule has 16 heavy (non-hydrogen) atoms. The molecule has 1 aromatic rings. The molecule has 0 radical (unpaired) electrons. The molecule has 0 aliphatic carbocycles. The Labute approximate surface area is 95.8 Å². The maximum absolute atomic E-state index is 13.5. The molecule has 1 aromatic carbocycles. The van der Waals surface area contributed by atoms with Gasteiger partial charge < -0.3 is 4.74 Å². The van der Waals surface area contributed by atoms with E-state index in [9.17, 15) is 4.39 Å². The van der Waals surface area contributed by atoms with Gasteiger partial charge in [0.15, 0.2) is 0 Å². The second kappa shape index (κ2) is 6.14. The summed E-state index contributed by atoms with van der Waals surface area (Å²) in [5.74, 6) is 2.85. The van der Waals surface area contributed by atoms with Crippen LogP contribution in [-0.2, 0) is 6.54 Å². The van der Waals surface area contributed by atoms with Gasteiger partial charge in [-0.05, 0) is 12.5 Å². The van der Waals surface area contributed by atoms with Crippen molar-refractivity contribution in [1.82, 2.24) is 5.32 Å². The first-order valence-corrected chi connectivity index (χ1v) is 5.23. The summed E-state index contributed by atoms with van der Waals surface area (Å²) in [5, 5.41) is 3.10. The smallest absolute Gasteiger partial charge is 0.131 e. The van der Waals surface area contributed by atoms with Crippen LogP contribution >= 0.6 is 0 Å². The molecular weight excluding hydrogens is 205 g/mol. The van der Waals surface area contributed by atoms with E-state index in [1.807, 2.05) is 6.92 Å². The highest BCUT2D eigenvalue weighted by Crippen LogP contribution is 2.16. The Balaban J connectivity index is 2.64. The second-order valence-electron chi connectivity index (χ2n) is 3.47. The van der Waals surface area contributed by atoms with Crippen LogP contribution in [0.4, 0.5) is 4.39 Å². The van der Waals surface area contributed by atoms with Crippen molar-refractivity contribution in [2.24, 2.45) is 0 Å². The summed E-state index contributed by atoms with van der Waals surface area (Å²) >= 11 is 0. The van der Waals surface area contributed by atoms with Gasteiger partial charge in [0.05, 0.1) is 13.2 Å². The third kappa shape index (κ3) is 3.25. The van der Waals surface area contributed by atoms with Crippen LogP contribution in [0.15, 0.2) is 18.2 Å². The van der Waals surface area contributed by atoms with Crippen molar-refractivity contribution in [3.63, 3.8) is 0 Å². The number of rotatable bonds is 5. The van der Waals surface area contributed by atoms with Crippen LogP contribution in [0.2, 0.25) is 0 Å². The van der Waals surface area contributed by atoms with Gasteiger partial charge in [-0.25, -0.2) is 4.39 Å². The van der Waals surface area contributed by atoms with Gasteiger partial charge >= 0.3 is 0 Å². The van der Waals surface area contributed by atoms with Gasteiger partial charge in [0, 0.05) is 18.2 Å². The van der Waals surface area contributed by atoms with Crippen molar-refractivity contribution in [2.45, 2.75) is 25.9 Å². The molecule has 0 fully saturated rings. The molecule has 1 rings (SSSR count). The van der Waals surface area contributed by atoms with E-state index in [0.717, 1.165) is 6.42 Å². The van der Waals surface area contributed by atoms with E-state index in [1.54, 1.807) is 12.1 Å². The van der Waals surface area contributed by atoms with E-state index in [-0.39, 0.29) is 11.9 Å². The van der Waals surface area contributed by atoms with Crippen LogP contribution in [0.3, 0.4) is 0 Å². The summed E-state index contributed by atoms with van der Waals surface area (Å²) in [6.07, 6.45) is 6.13. The van der Waals surface area contributed by atoms with Crippen molar-refractivity contribution in [3.05, 3.63) is 29.6 Å². The number of terminal acetylenes is 1. The minimum atomic E-state index is -0.279. The summed E-state index contributed by atoms with van der Waals surface area (Å²) in [6.45, 7) is 2.42. The van der Waals surface area contributed by atoms with E-state index < -0.39 is 0 Å². The fourth-order valence-electron chi connectivity index (χ4n) is 1.35. The van der Waals surface area contributed by atoms with Crippen molar-refractivity contribution in [2.75, 3.05) is 7.11 Å². The highest BCUT2D eigenvalue weighted by Gasteiger charge is 2.06. The van der Waals surface area contributed by atoms with Crippen LogP contribution in [-0.4, -0.2) is 13.2 Å². The van der Waals surface area contributed by atoms with Gasteiger partial charge in [-0.15, -0.1) is 6.42 Å². The fourth-order valence-corrected chi connectivity index (χ4v) is 1.35. The Hall–Kier alpha value is -1.53. The fraction of sp³-hybridized carbons (Fsp3) is 0.385. The highest BCUT2D eigenvalue weighted by molar-refractivity contribution is 5.28. The third-order valence-corrected chi connectivity index (χ3v) is 2.41. The van der Waals surface area contributed by atoms with Crippen molar-refractivity contribution in [1.29, 1.82) is 0 Å². The second-order valence-corrected chi connectivity index (χ2v) is 3.47. The molecule has 0 saturated heterocycles. The van der Waals surface area contributed by atoms with Crippen LogP contribution < -0.4 is 10.1 Å². The number of hydrogen-bond acceptors (Lipinski definition) is 2. The van der Waals surface area contributed by atoms with Crippen molar-refractivity contribution in [3.8, 4) is 18.1 Å². The zero-order valence-electron chi connectivity index (χ0n) is 9.59. The molecule has 0 amide bonds. The summed E-state index contributed by atoms with van der Waals surface area (Å²) in [5.41, 5.74) is 0.592. The predicted molar refractivity (Wildman–Crippen MR) is 62.7 cm³/mol. The van der Waals surface area contributed by atoms with Crippen LogP contribution in [0.1, 0.15) is 18.9 Å². The average Bonchev–Trinajstić information content (AvgIpc) is 2.32. The molecule has 0 heterocycles. The van der Waals surface area contributed by atoms with Crippen LogP contribution in [0.25, 0.3) is 0 Å². The van der Waals surface area contributed by atoms with Crippen molar-refractivity contribution >= 4 is 0 Å². The topological polar surface area (TPSA) is 21.3 Å². The van der Waals surface area contributed by atoms with Gasteiger partial charge in [-0.3, -0.25) is 5.32 Å². The van der Waals surface area contributed by atoms with E-state index in [1.165, 1.54) is 13.2 Å². The first-order valence-electron chi connectivity index (χ1n) is 5.23. The van der Waals surface area contributed by atoms with E-state index in [2.05, 4.69) is 11.2 Å². The number of hydrogen-bond donors (Lipinski definition) is 1. The number of ether oxygens (including phenoxy) is 1. The van der Waals surface area contributed by atoms with Gasteiger partial charge in [0.2, 0.25) is 0 Å². The predicted octanol–water partition coefficient (Wildman–Crippen LogP) is 2.34. The quantitative estimate of drug-likeness (QED) is 0.770. The molecule has 1 atom stereocenters. The monoisotopic (exact) mass is 221 g/mol. The Kier molecular flexibility index (Phi) is 4.81. The summed E-state index contributed by atoms with van der Waals surface area (Å²) in [6, 6.07) is 4.79. The minimum Gasteiger partial charge on any atom is -0.497 e. The molecule has 2 nitrogen and oxygen atoms in total. The lowest BCUT2D eigenvalue weighted by Gasteiger charge is -2.11. The maximum Gasteiger partial charge on any atom is 0.131 e. The molecule has 1 unspecified atom stereocenters. The third-order valence-electron chi connectivity index (χ3n) is 2.41. The zero-order chi connectivity index (χ0) is 12.0. The SMILES string of the molecule is C#CC(CC)NCc1ccc(OC)cc1F. The van der Waals surface area contributed by atoms with Gasteiger partial charge in [0.25, 0.3) is 0 Å². The minimum absolute atomic E-state index is 0.0125. The number of methoxy groups -OCH3 is 1. The standard InChI is InChI=1S/C13H16FNO/c1-4-11(5-2)15-9-10-6-7-12(16-3)8-13(10)14/h1,6-8,11,15H,5,9H2,2-3H3.